The minimum Gasteiger partial charge on any atom is -0.399 e. The van der Waals surface area contributed by atoms with E-state index in [-0.39, 0.29) is 18.3 Å². The van der Waals surface area contributed by atoms with Crippen molar-refractivity contribution in [3.05, 3.63) is 24.5 Å². The number of anilines is 1. The van der Waals surface area contributed by atoms with E-state index in [0.717, 1.165) is 16.0 Å². The third kappa shape index (κ3) is 2.56. The molecule has 0 aromatic carbocycles. The summed E-state index contributed by atoms with van der Waals surface area (Å²) in [6.45, 7) is 8.15. The summed E-state index contributed by atoms with van der Waals surface area (Å²) in [7, 11) is -0.386. The second kappa shape index (κ2) is 4.79. The third-order valence-corrected chi connectivity index (χ3v) is 4.94. The maximum Gasteiger partial charge on any atom is 0.496 e. The lowest BCUT2D eigenvalue weighted by molar-refractivity contribution is 0.00578. The van der Waals surface area contributed by atoms with Crippen LogP contribution in [0.15, 0.2) is 24.5 Å². The van der Waals surface area contributed by atoms with Gasteiger partial charge in [-0.1, -0.05) is 17.4 Å². The number of hydrogen-bond donors (Lipinski definition) is 1. The fourth-order valence-electron chi connectivity index (χ4n) is 2.08. The van der Waals surface area contributed by atoms with Gasteiger partial charge in [0, 0.05) is 17.9 Å². The predicted molar refractivity (Wildman–Crippen MR) is 85.5 cm³/mol. The lowest BCUT2D eigenvalue weighted by Gasteiger charge is -2.32. The van der Waals surface area contributed by atoms with Crippen LogP contribution in [-0.4, -0.2) is 28.3 Å². The topological polar surface area (TPSA) is 70.3 Å². The molecule has 0 atom stereocenters. The molecule has 2 aromatic heterocycles. The van der Waals surface area contributed by atoms with Gasteiger partial charge in [0.1, 0.15) is 0 Å². The molecule has 1 fully saturated rings. The van der Waals surface area contributed by atoms with Crippen molar-refractivity contribution < 1.29 is 9.31 Å². The van der Waals surface area contributed by atoms with E-state index in [1.807, 2.05) is 39.8 Å². The van der Waals surface area contributed by atoms with Crippen LogP contribution in [0, 0.1) is 0 Å². The number of nitrogens with zero attached hydrogens (tertiary/aromatic N) is 2. The van der Waals surface area contributed by atoms with Gasteiger partial charge in [-0.3, -0.25) is 4.98 Å². The molecule has 5 nitrogen and oxygen atoms in total. The van der Waals surface area contributed by atoms with Gasteiger partial charge in [-0.15, -0.1) is 0 Å². The van der Waals surface area contributed by atoms with Gasteiger partial charge in [-0.05, 0) is 33.8 Å². The highest BCUT2D eigenvalue weighted by atomic mass is 32.1. The first kappa shape index (κ1) is 14.5. The molecule has 1 aliphatic rings. The zero-order valence-corrected chi connectivity index (χ0v) is 13.4. The number of pyridine rings is 1. The molecule has 2 aromatic rings. The Morgan fingerprint density at radius 3 is 2.19 bits per heavy atom. The smallest absolute Gasteiger partial charge is 0.399 e. The Labute approximate surface area is 128 Å². The van der Waals surface area contributed by atoms with Crippen LogP contribution in [0.25, 0.3) is 10.6 Å². The van der Waals surface area contributed by atoms with Gasteiger partial charge in [0.25, 0.3) is 0 Å². The zero-order chi connectivity index (χ0) is 15.3. The molecule has 0 unspecified atom stereocenters. The summed E-state index contributed by atoms with van der Waals surface area (Å²) in [5.74, 6) is 0. The molecule has 2 N–H and O–H groups in total. The van der Waals surface area contributed by atoms with Crippen LogP contribution in [0.4, 0.5) is 5.13 Å². The third-order valence-electron chi connectivity index (χ3n) is 4.09. The summed E-state index contributed by atoms with van der Waals surface area (Å²) in [6, 6.07) is 3.91. The highest BCUT2D eigenvalue weighted by Gasteiger charge is 2.51. The first-order valence-electron chi connectivity index (χ1n) is 6.82. The molecule has 7 heteroatoms. The molecule has 0 bridgehead atoms. The van der Waals surface area contributed by atoms with Gasteiger partial charge in [-0.2, -0.15) is 0 Å². The highest BCUT2D eigenvalue weighted by Crippen LogP contribution is 2.36. The maximum atomic E-state index is 6.01. The van der Waals surface area contributed by atoms with Gasteiger partial charge in [0.2, 0.25) is 0 Å². The molecule has 21 heavy (non-hydrogen) atoms. The van der Waals surface area contributed by atoms with Crippen LogP contribution in [0.3, 0.4) is 0 Å². The summed E-state index contributed by atoms with van der Waals surface area (Å²) < 4.78 is 12.0. The number of thiazole rings is 1. The number of nitrogens with two attached hydrogens (primary N) is 1. The summed E-state index contributed by atoms with van der Waals surface area (Å²) in [5.41, 5.74) is 6.72. The van der Waals surface area contributed by atoms with Gasteiger partial charge in [0.05, 0.1) is 21.8 Å². The van der Waals surface area contributed by atoms with E-state index in [1.165, 1.54) is 11.3 Å². The molecule has 0 radical (unpaired) electrons. The fraction of sp³-hybridized carbons (Fsp3) is 0.429. The first-order chi connectivity index (χ1) is 9.78. The Morgan fingerprint density at radius 1 is 1.05 bits per heavy atom. The molecule has 0 aliphatic carbocycles. The molecule has 110 valence electrons. The van der Waals surface area contributed by atoms with Crippen LogP contribution >= 0.6 is 11.3 Å². The van der Waals surface area contributed by atoms with E-state index >= 15 is 0 Å². The lowest BCUT2D eigenvalue weighted by Crippen LogP contribution is -2.41. The van der Waals surface area contributed by atoms with E-state index in [1.54, 1.807) is 12.4 Å². The number of rotatable bonds is 2. The van der Waals surface area contributed by atoms with Crippen LogP contribution < -0.4 is 11.2 Å². The van der Waals surface area contributed by atoms with Crippen molar-refractivity contribution in [1.82, 2.24) is 9.97 Å². The highest BCUT2D eigenvalue weighted by molar-refractivity contribution is 7.18. The van der Waals surface area contributed by atoms with Gasteiger partial charge in [0.15, 0.2) is 5.13 Å². The van der Waals surface area contributed by atoms with Crippen LogP contribution in [-0.2, 0) is 9.31 Å². The monoisotopic (exact) mass is 303 g/mol. The first-order valence-corrected chi connectivity index (χ1v) is 7.63. The van der Waals surface area contributed by atoms with Crippen molar-refractivity contribution in [1.29, 1.82) is 0 Å². The van der Waals surface area contributed by atoms with Gasteiger partial charge >= 0.3 is 7.12 Å². The Kier molecular flexibility index (Phi) is 3.31. The Hall–Kier alpha value is -1.44. The average molecular weight is 303 g/mol. The van der Waals surface area contributed by atoms with Gasteiger partial charge in [-0.25, -0.2) is 4.98 Å². The molecule has 0 saturated carbocycles. The van der Waals surface area contributed by atoms with Crippen LogP contribution in [0.5, 0.6) is 0 Å². The molecular weight excluding hydrogens is 285 g/mol. The second-order valence-corrected chi connectivity index (χ2v) is 7.19. The van der Waals surface area contributed by atoms with Crippen molar-refractivity contribution in [3.63, 3.8) is 0 Å². The largest absolute Gasteiger partial charge is 0.496 e. The molecular formula is C14H18BN3O2S. The second-order valence-electron chi connectivity index (χ2n) is 6.13. The average Bonchev–Trinajstić information content (AvgIpc) is 2.92. The lowest BCUT2D eigenvalue weighted by atomic mass is 9.80. The van der Waals surface area contributed by atoms with E-state index < -0.39 is 0 Å². The minimum atomic E-state index is -0.386. The molecule has 3 rings (SSSR count). The molecule has 0 spiro atoms. The number of nitrogen functional groups attached to an aromatic ring is 1. The zero-order valence-electron chi connectivity index (χ0n) is 12.6. The molecule has 0 amide bonds. The summed E-state index contributed by atoms with van der Waals surface area (Å²) >= 11 is 1.42. The van der Waals surface area contributed by atoms with E-state index in [4.69, 9.17) is 15.0 Å². The van der Waals surface area contributed by atoms with Crippen molar-refractivity contribution in [2.75, 3.05) is 5.73 Å². The Bertz CT molecular complexity index is 638. The SMILES string of the molecule is CC1(C)OB(c2ccc(-c3cnc(N)s3)nc2)OC1(C)C. The molecule has 3 heterocycles. The van der Waals surface area contributed by atoms with Crippen molar-refractivity contribution >= 4 is 29.0 Å². The standard InChI is InChI=1S/C14H18BN3O2S/c1-13(2)14(3,4)20-15(19-13)9-5-6-10(17-7-9)11-8-18-12(16)21-11/h5-8H,1-4H3,(H2,16,18). The van der Waals surface area contributed by atoms with E-state index in [0.29, 0.717) is 5.13 Å². The quantitative estimate of drug-likeness (QED) is 0.860. The molecule has 1 saturated heterocycles. The maximum absolute atomic E-state index is 6.01. The normalized spacial score (nSPS) is 19.9. The van der Waals surface area contributed by atoms with Crippen LogP contribution in [0.2, 0.25) is 0 Å². The van der Waals surface area contributed by atoms with Crippen molar-refractivity contribution in [2.24, 2.45) is 0 Å². The van der Waals surface area contributed by atoms with E-state index in [2.05, 4.69) is 9.97 Å². The number of aromatic nitrogens is 2. The van der Waals surface area contributed by atoms with Crippen LogP contribution in [0.1, 0.15) is 27.7 Å². The van der Waals surface area contributed by atoms with E-state index in [9.17, 15) is 0 Å². The summed E-state index contributed by atoms with van der Waals surface area (Å²) in [5, 5.41) is 0.543. The summed E-state index contributed by atoms with van der Waals surface area (Å²) in [4.78, 5) is 9.45. The van der Waals surface area contributed by atoms with Gasteiger partial charge < -0.3 is 15.0 Å². The fourth-order valence-corrected chi connectivity index (χ4v) is 2.74. The Balaban J connectivity index is 1.83. The molecule has 1 aliphatic heterocycles. The predicted octanol–water partition coefficient (Wildman–Crippen LogP) is 2.09. The minimum absolute atomic E-state index is 0.345. The number of hydrogen-bond acceptors (Lipinski definition) is 6. The van der Waals surface area contributed by atoms with Crippen molar-refractivity contribution in [2.45, 2.75) is 38.9 Å². The summed E-state index contributed by atoms with van der Waals surface area (Å²) in [6.07, 6.45) is 3.52. The Morgan fingerprint density at radius 2 is 1.71 bits per heavy atom. The van der Waals surface area contributed by atoms with Crippen molar-refractivity contribution in [3.8, 4) is 10.6 Å².